The van der Waals surface area contributed by atoms with Gasteiger partial charge in [0.2, 0.25) is 0 Å². The van der Waals surface area contributed by atoms with Crippen molar-refractivity contribution in [1.82, 2.24) is 10.2 Å². The quantitative estimate of drug-likeness (QED) is 0.867. The number of rotatable bonds is 3. The fourth-order valence-corrected chi connectivity index (χ4v) is 4.43. The fraction of sp³-hybridized carbons (Fsp3) is 1.00. The van der Waals surface area contributed by atoms with Crippen LogP contribution in [0, 0.1) is 10.8 Å². The van der Waals surface area contributed by atoms with Crippen molar-refractivity contribution in [2.75, 3.05) is 45.9 Å². The van der Waals surface area contributed by atoms with Gasteiger partial charge in [0.25, 0.3) is 0 Å². The molecule has 20 heavy (non-hydrogen) atoms. The first-order chi connectivity index (χ1) is 9.26. The van der Waals surface area contributed by atoms with E-state index in [1.165, 1.54) is 71.2 Å². The van der Waals surface area contributed by atoms with Gasteiger partial charge in [-0.25, -0.2) is 0 Å². The van der Waals surface area contributed by atoms with Crippen molar-refractivity contribution in [3.8, 4) is 0 Å². The number of hydrogen-bond acceptors (Lipinski definition) is 3. The lowest BCUT2D eigenvalue weighted by atomic mass is 9.76. The lowest BCUT2D eigenvalue weighted by Gasteiger charge is -2.40. The highest BCUT2D eigenvalue weighted by atomic mass is 35.5. The second kappa shape index (κ2) is 6.95. The molecule has 3 fully saturated rings. The maximum absolute atomic E-state index is 5.57. The predicted molar refractivity (Wildman–Crippen MR) is 85.6 cm³/mol. The predicted octanol–water partition coefficient (Wildman–Crippen LogP) is 2.69. The molecule has 1 spiro atoms. The van der Waals surface area contributed by atoms with Gasteiger partial charge in [0, 0.05) is 26.3 Å². The lowest BCUT2D eigenvalue weighted by Crippen LogP contribution is -2.43. The van der Waals surface area contributed by atoms with E-state index in [9.17, 15) is 0 Å². The Morgan fingerprint density at radius 3 is 2.40 bits per heavy atom. The van der Waals surface area contributed by atoms with Crippen molar-refractivity contribution in [2.24, 2.45) is 10.8 Å². The number of ether oxygens (including phenoxy) is 1. The van der Waals surface area contributed by atoms with E-state index in [4.69, 9.17) is 4.74 Å². The number of nitrogens with zero attached hydrogens (tertiary/aromatic N) is 1. The summed E-state index contributed by atoms with van der Waals surface area (Å²) in [6.45, 7) is 10.8. The standard InChI is InChI=1S/C16H30N2O.ClH/c1-2-15(6-11-19-12-7-15)13-18-10-5-16(14-18)3-8-17-9-4-16;/h17H,2-14H2,1H3;1H. The van der Waals surface area contributed by atoms with Crippen LogP contribution in [0.1, 0.15) is 45.4 Å². The van der Waals surface area contributed by atoms with E-state index in [2.05, 4.69) is 17.1 Å². The van der Waals surface area contributed by atoms with Gasteiger partial charge in [-0.05, 0) is 69.0 Å². The van der Waals surface area contributed by atoms with Crippen molar-refractivity contribution in [1.29, 1.82) is 0 Å². The van der Waals surface area contributed by atoms with Gasteiger partial charge in [-0.3, -0.25) is 0 Å². The minimum atomic E-state index is 0. The minimum Gasteiger partial charge on any atom is -0.381 e. The fourth-order valence-electron chi connectivity index (χ4n) is 4.43. The Morgan fingerprint density at radius 2 is 1.75 bits per heavy atom. The monoisotopic (exact) mass is 302 g/mol. The Balaban J connectivity index is 0.00000147. The van der Waals surface area contributed by atoms with Crippen molar-refractivity contribution < 1.29 is 4.74 Å². The summed E-state index contributed by atoms with van der Waals surface area (Å²) in [7, 11) is 0. The zero-order valence-corrected chi connectivity index (χ0v) is 13.8. The minimum absolute atomic E-state index is 0. The van der Waals surface area contributed by atoms with Gasteiger partial charge in [0.1, 0.15) is 0 Å². The SMILES string of the molecule is CCC1(CN2CCC3(CCNCC3)C2)CCOCC1.Cl. The highest BCUT2D eigenvalue weighted by molar-refractivity contribution is 5.85. The van der Waals surface area contributed by atoms with Crippen molar-refractivity contribution in [3.63, 3.8) is 0 Å². The molecule has 4 heteroatoms. The summed E-state index contributed by atoms with van der Waals surface area (Å²) in [5.74, 6) is 0. The largest absolute Gasteiger partial charge is 0.381 e. The van der Waals surface area contributed by atoms with E-state index >= 15 is 0 Å². The van der Waals surface area contributed by atoms with Gasteiger partial charge in [0.05, 0.1) is 0 Å². The molecule has 0 bridgehead atoms. The first kappa shape index (κ1) is 16.5. The smallest absolute Gasteiger partial charge is 0.0471 e. The summed E-state index contributed by atoms with van der Waals surface area (Å²) in [4.78, 5) is 2.78. The van der Waals surface area contributed by atoms with Crippen molar-refractivity contribution >= 4 is 12.4 Å². The molecule has 0 radical (unpaired) electrons. The first-order valence-electron chi connectivity index (χ1n) is 8.27. The van der Waals surface area contributed by atoms with E-state index in [0.29, 0.717) is 10.8 Å². The molecule has 0 aromatic heterocycles. The van der Waals surface area contributed by atoms with Gasteiger partial charge in [0.15, 0.2) is 0 Å². The molecule has 3 saturated heterocycles. The molecule has 0 aliphatic carbocycles. The Bertz CT molecular complexity index is 299. The normalized spacial score (nSPS) is 29.2. The lowest BCUT2D eigenvalue weighted by molar-refractivity contribution is -0.00548. The van der Waals surface area contributed by atoms with Gasteiger partial charge in [-0.1, -0.05) is 6.92 Å². The molecule has 0 saturated carbocycles. The third kappa shape index (κ3) is 3.49. The molecule has 1 N–H and O–H groups in total. The van der Waals surface area contributed by atoms with Crippen LogP contribution < -0.4 is 5.32 Å². The third-order valence-corrected chi connectivity index (χ3v) is 6.04. The molecule has 3 aliphatic rings. The van der Waals surface area contributed by atoms with Gasteiger partial charge in [-0.15, -0.1) is 12.4 Å². The molecule has 0 amide bonds. The molecule has 0 aromatic rings. The Labute approximate surface area is 130 Å². The molecule has 118 valence electrons. The van der Waals surface area contributed by atoms with Crippen LogP contribution in [0.4, 0.5) is 0 Å². The van der Waals surface area contributed by atoms with Crippen LogP contribution in [0.15, 0.2) is 0 Å². The number of piperidine rings is 1. The molecular weight excluding hydrogens is 272 g/mol. The summed E-state index contributed by atoms with van der Waals surface area (Å²) in [5, 5.41) is 3.52. The summed E-state index contributed by atoms with van der Waals surface area (Å²) in [6, 6.07) is 0. The molecule has 3 rings (SSSR count). The highest BCUT2D eigenvalue weighted by Gasteiger charge is 2.41. The molecule has 3 aliphatic heterocycles. The number of nitrogens with one attached hydrogen (secondary N) is 1. The summed E-state index contributed by atoms with van der Waals surface area (Å²) in [5.41, 5.74) is 1.21. The van der Waals surface area contributed by atoms with E-state index in [-0.39, 0.29) is 12.4 Å². The van der Waals surface area contributed by atoms with Crippen LogP contribution in [0.5, 0.6) is 0 Å². The average Bonchev–Trinajstić information content (AvgIpc) is 2.83. The number of halogens is 1. The molecule has 0 aromatic carbocycles. The number of likely N-dealkylation sites (tertiary alicyclic amines) is 1. The van der Waals surface area contributed by atoms with Crippen LogP contribution in [-0.4, -0.2) is 50.8 Å². The molecular formula is C16H31ClN2O. The molecule has 3 heterocycles. The maximum Gasteiger partial charge on any atom is 0.0471 e. The summed E-state index contributed by atoms with van der Waals surface area (Å²) in [6.07, 6.45) is 8.09. The molecule has 3 nitrogen and oxygen atoms in total. The Hall–Kier alpha value is 0.170. The summed E-state index contributed by atoms with van der Waals surface area (Å²) >= 11 is 0. The Kier molecular flexibility index (Phi) is 5.75. The Morgan fingerprint density at radius 1 is 1.05 bits per heavy atom. The maximum atomic E-state index is 5.57. The topological polar surface area (TPSA) is 24.5 Å². The van der Waals surface area contributed by atoms with Gasteiger partial charge in [-0.2, -0.15) is 0 Å². The van der Waals surface area contributed by atoms with Crippen LogP contribution in [-0.2, 0) is 4.74 Å². The van der Waals surface area contributed by atoms with E-state index in [1.54, 1.807) is 0 Å². The summed E-state index contributed by atoms with van der Waals surface area (Å²) < 4.78 is 5.57. The molecule has 0 atom stereocenters. The van der Waals surface area contributed by atoms with Gasteiger partial charge >= 0.3 is 0 Å². The zero-order chi connectivity index (χ0) is 13.2. The zero-order valence-electron chi connectivity index (χ0n) is 13.0. The van der Waals surface area contributed by atoms with E-state index in [0.717, 1.165) is 13.2 Å². The van der Waals surface area contributed by atoms with Crippen LogP contribution in [0.2, 0.25) is 0 Å². The second-order valence-corrected chi connectivity index (χ2v) is 7.18. The van der Waals surface area contributed by atoms with E-state index in [1.807, 2.05) is 0 Å². The van der Waals surface area contributed by atoms with Gasteiger partial charge < -0.3 is 15.0 Å². The molecule has 0 unspecified atom stereocenters. The third-order valence-electron chi connectivity index (χ3n) is 6.04. The van der Waals surface area contributed by atoms with Crippen molar-refractivity contribution in [2.45, 2.75) is 45.4 Å². The highest BCUT2D eigenvalue weighted by Crippen LogP contribution is 2.42. The first-order valence-corrected chi connectivity index (χ1v) is 8.27. The van der Waals surface area contributed by atoms with Crippen LogP contribution in [0.25, 0.3) is 0 Å². The van der Waals surface area contributed by atoms with Crippen LogP contribution >= 0.6 is 12.4 Å². The van der Waals surface area contributed by atoms with Crippen molar-refractivity contribution in [3.05, 3.63) is 0 Å². The number of hydrogen-bond donors (Lipinski definition) is 1. The second-order valence-electron chi connectivity index (χ2n) is 7.18. The average molecular weight is 303 g/mol. The van der Waals surface area contributed by atoms with E-state index < -0.39 is 0 Å². The van der Waals surface area contributed by atoms with Crippen LogP contribution in [0.3, 0.4) is 0 Å².